The number of carbonyl (C=O) groups excluding carboxylic acids is 1. The number of amides is 1. The summed E-state index contributed by atoms with van der Waals surface area (Å²) in [6.45, 7) is 4.88. The lowest BCUT2D eigenvalue weighted by molar-refractivity contribution is -0.134. The molecule has 1 aliphatic rings. The van der Waals surface area contributed by atoms with Crippen LogP contribution in [-0.2, 0) is 14.4 Å². The molecule has 29 heavy (non-hydrogen) atoms. The van der Waals surface area contributed by atoms with Gasteiger partial charge in [0.25, 0.3) is 0 Å². The zero-order chi connectivity index (χ0) is 22.0. The van der Waals surface area contributed by atoms with E-state index in [1.807, 2.05) is 30.0 Å². The van der Waals surface area contributed by atoms with Crippen LogP contribution in [0.25, 0.3) is 0 Å². The molecule has 0 atom stereocenters. The summed E-state index contributed by atoms with van der Waals surface area (Å²) < 4.78 is 0.826. The van der Waals surface area contributed by atoms with Crippen LogP contribution in [0.15, 0.2) is 34.8 Å². The fourth-order valence-electron chi connectivity index (χ4n) is 2.92. The maximum Gasteiger partial charge on any atom is 0.328 e. The summed E-state index contributed by atoms with van der Waals surface area (Å²) in [5.74, 6) is -1.79. The van der Waals surface area contributed by atoms with Crippen molar-refractivity contribution in [3.05, 3.63) is 39.8 Å². The van der Waals surface area contributed by atoms with E-state index in [0.717, 1.165) is 36.1 Å². The highest BCUT2D eigenvalue weighted by molar-refractivity contribution is 9.10. The van der Waals surface area contributed by atoms with Gasteiger partial charge in [0.2, 0.25) is 5.91 Å². The third-order valence-electron chi connectivity index (χ3n) is 4.50. The SMILES string of the molecule is CCN(C(=O)CC1CCN(C)CC1)c1ccc(Cl)c(Br)c1.O=C(O)/C=C/C(=O)O. The van der Waals surface area contributed by atoms with Gasteiger partial charge in [0.1, 0.15) is 0 Å². The number of likely N-dealkylation sites (tertiary alicyclic amines) is 1. The van der Waals surface area contributed by atoms with Crippen LogP contribution in [0, 0.1) is 5.92 Å². The van der Waals surface area contributed by atoms with E-state index in [1.165, 1.54) is 0 Å². The van der Waals surface area contributed by atoms with E-state index in [1.54, 1.807) is 0 Å². The van der Waals surface area contributed by atoms with Gasteiger partial charge in [0.05, 0.1) is 5.02 Å². The Balaban J connectivity index is 0.000000447. The average molecular weight is 490 g/mol. The fraction of sp³-hybridized carbons (Fsp3) is 0.450. The minimum atomic E-state index is -1.26. The standard InChI is InChI=1S/C16H22BrClN2O.C4H4O4/c1-3-20(13-4-5-15(18)14(17)11-13)16(21)10-12-6-8-19(2)9-7-12;5-3(6)1-2-4(7)8/h4-5,11-12H,3,6-10H2,1-2H3;1-2H,(H,5,6)(H,7,8)/b;2-1+. The van der Waals surface area contributed by atoms with Crippen LogP contribution >= 0.6 is 27.5 Å². The third-order valence-corrected chi connectivity index (χ3v) is 5.72. The molecule has 160 valence electrons. The van der Waals surface area contributed by atoms with Gasteiger partial charge in [-0.05, 0) is 79.9 Å². The Morgan fingerprint density at radius 2 is 1.76 bits per heavy atom. The molecule has 2 N–H and O–H groups in total. The van der Waals surface area contributed by atoms with Crippen LogP contribution in [0.2, 0.25) is 5.02 Å². The Labute approximate surface area is 184 Å². The first-order chi connectivity index (χ1) is 13.6. The Hall–Kier alpha value is -1.90. The van der Waals surface area contributed by atoms with Crippen molar-refractivity contribution in [2.75, 3.05) is 31.6 Å². The molecule has 0 spiro atoms. The maximum atomic E-state index is 12.6. The van der Waals surface area contributed by atoms with Crippen LogP contribution in [0.4, 0.5) is 5.69 Å². The number of nitrogens with zero attached hydrogens (tertiary/aromatic N) is 2. The summed E-state index contributed by atoms with van der Waals surface area (Å²) in [6, 6.07) is 5.65. The molecule has 1 heterocycles. The minimum Gasteiger partial charge on any atom is -0.478 e. The molecular weight excluding hydrogens is 464 g/mol. The monoisotopic (exact) mass is 488 g/mol. The van der Waals surface area contributed by atoms with Crippen molar-refractivity contribution in [2.45, 2.75) is 26.2 Å². The number of carbonyl (C=O) groups is 3. The fourth-order valence-corrected chi connectivity index (χ4v) is 3.41. The molecule has 1 aromatic carbocycles. The molecule has 1 aromatic rings. The highest BCUT2D eigenvalue weighted by atomic mass is 79.9. The lowest BCUT2D eigenvalue weighted by Gasteiger charge is -2.30. The smallest absolute Gasteiger partial charge is 0.328 e. The lowest BCUT2D eigenvalue weighted by Crippen LogP contribution is -2.36. The van der Waals surface area contributed by atoms with E-state index in [4.69, 9.17) is 21.8 Å². The first-order valence-corrected chi connectivity index (χ1v) is 10.4. The van der Waals surface area contributed by atoms with Crippen LogP contribution in [0.5, 0.6) is 0 Å². The molecule has 0 radical (unpaired) electrons. The van der Waals surface area contributed by atoms with Crippen molar-refractivity contribution in [3.8, 4) is 0 Å². The van der Waals surface area contributed by atoms with Gasteiger partial charge in [-0.1, -0.05) is 11.6 Å². The first kappa shape index (κ1) is 25.1. The first-order valence-electron chi connectivity index (χ1n) is 9.21. The van der Waals surface area contributed by atoms with Crippen LogP contribution in [-0.4, -0.2) is 59.6 Å². The average Bonchev–Trinajstić information content (AvgIpc) is 2.66. The number of piperidine rings is 1. The van der Waals surface area contributed by atoms with E-state index in [0.29, 0.717) is 36.1 Å². The van der Waals surface area contributed by atoms with Crippen molar-refractivity contribution >= 4 is 51.1 Å². The molecule has 7 nitrogen and oxygen atoms in total. The van der Waals surface area contributed by atoms with Crippen molar-refractivity contribution in [2.24, 2.45) is 5.92 Å². The van der Waals surface area contributed by atoms with Gasteiger partial charge in [0, 0.05) is 35.3 Å². The molecule has 1 aliphatic heterocycles. The molecule has 0 saturated carbocycles. The topological polar surface area (TPSA) is 98.2 Å². The predicted octanol–water partition coefficient (Wildman–Crippen LogP) is 3.90. The summed E-state index contributed by atoms with van der Waals surface area (Å²) in [7, 11) is 2.14. The maximum absolute atomic E-state index is 12.6. The quantitative estimate of drug-likeness (QED) is 0.588. The molecule has 0 aromatic heterocycles. The number of aliphatic carboxylic acids is 2. The number of benzene rings is 1. The van der Waals surface area contributed by atoms with Crippen LogP contribution < -0.4 is 4.90 Å². The highest BCUT2D eigenvalue weighted by Crippen LogP contribution is 2.29. The second-order valence-electron chi connectivity index (χ2n) is 6.70. The number of anilines is 1. The van der Waals surface area contributed by atoms with E-state index in [2.05, 4.69) is 27.9 Å². The molecular formula is C20H26BrClN2O5. The van der Waals surface area contributed by atoms with E-state index >= 15 is 0 Å². The Kier molecular flexibility index (Phi) is 10.9. The van der Waals surface area contributed by atoms with E-state index < -0.39 is 11.9 Å². The molecule has 1 fully saturated rings. The molecule has 2 rings (SSSR count). The minimum absolute atomic E-state index is 0.210. The summed E-state index contributed by atoms with van der Waals surface area (Å²) in [5, 5.41) is 16.3. The second kappa shape index (κ2) is 12.6. The number of rotatable bonds is 6. The van der Waals surface area contributed by atoms with Gasteiger partial charge in [-0.15, -0.1) is 0 Å². The number of hydrogen-bond donors (Lipinski definition) is 2. The Bertz CT molecular complexity index is 732. The summed E-state index contributed by atoms with van der Waals surface area (Å²) in [4.78, 5) is 35.9. The molecule has 1 saturated heterocycles. The normalized spacial score (nSPS) is 14.9. The van der Waals surface area contributed by atoms with E-state index in [-0.39, 0.29) is 5.91 Å². The van der Waals surface area contributed by atoms with E-state index in [9.17, 15) is 14.4 Å². The van der Waals surface area contributed by atoms with Gasteiger partial charge >= 0.3 is 11.9 Å². The number of carboxylic acids is 2. The molecule has 9 heteroatoms. The van der Waals surface area contributed by atoms with Crippen molar-refractivity contribution in [3.63, 3.8) is 0 Å². The zero-order valence-corrected chi connectivity index (χ0v) is 18.8. The zero-order valence-electron chi connectivity index (χ0n) is 16.5. The number of hydrogen-bond acceptors (Lipinski definition) is 4. The Morgan fingerprint density at radius 3 is 2.21 bits per heavy atom. The number of carboxylic acid groups (broad SMARTS) is 2. The molecule has 0 unspecified atom stereocenters. The van der Waals surface area contributed by atoms with Crippen molar-refractivity contribution in [1.29, 1.82) is 0 Å². The molecule has 0 bridgehead atoms. The van der Waals surface area contributed by atoms with Crippen LogP contribution in [0.3, 0.4) is 0 Å². The summed E-state index contributed by atoms with van der Waals surface area (Å²) in [6.07, 6.45) is 3.99. The summed E-state index contributed by atoms with van der Waals surface area (Å²) in [5.41, 5.74) is 0.909. The van der Waals surface area contributed by atoms with Gasteiger partial charge < -0.3 is 20.0 Å². The largest absolute Gasteiger partial charge is 0.478 e. The lowest BCUT2D eigenvalue weighted by atomic mass is 9.93. The van der Waals surface area contributed by atoms with Crippen molar-refractivity contribution < 1.29 is 24.6 Å². The van der Waals surface area contributed by atoms with Crippen LogP contribution in [0.1, 0.15) is 26.2 Å². The number of halogens is 2. The van der Waals surface area contributed by atoms with Crippen molar-refractivity contribution in [1.82, 2.24) is 4.90 Å². The van der Waals surface area contributed by atoms with Gasteiger partial charge in [-0.3, -0.25) is 4.79 Å². The second-order valence-corrected chi connectivity index (χ2v) is 7.96. The van der Waals surface area contributed by atoms with Gasteiger partial charge in [-0.2, -0.15) is 0 Å². The predicted molar refractivity (Wildman–Crippen MR) is 116 cm³/mol. The highest BCUT2D eigenvalue weighted by Gasteiger charge is 2.23. The van der Waals surface area contributed by atoms with Gasteiger partial charge in [0.15, 0.2) is 0 Å². The molecule has 1 amide bonds. The molecule has 0 aliphatic carbocycles. The Morgan fingerprint density at radius 1 is 1.21 bits per heavy atom. The summed E-state index contributed by atoms with van der Waals surface area (Å²) >= 11 is 9.44. The third kappa shape index (κ3) is 9.43. The van der Waals surface area contributed by atoms with Gasteiger partial charge in [-0.25, -0.2) is 9.59 Å².